The van der Waals surface area contributed by atoms with Gasteiger partial charge in [-0.15, -0.1) is 24.0 Å². The smallest absolute Gasteiger partial charge is 0.213 e. The molecule has 3 heterocycles. The zero-order valence-electron chi connectivity index (χ0n) is 13.9. The predicted molar refractivity (Wildman–Crippen MR) is 104 cm³/mol. The first-order valence-electron chi connectivity index (χ1n) is 7.76. The molecule has 0 spiro atoms. The van der Waals surface area contributed by atoms with Crippen molar-refractivity contribution in [3.8, 4) is 5.88 Å². The standard InChI is InChI=1S/C16H22N6O.HI/c1-17-16(19-11-13-6-9-20-21(13)2)22-10-7-14(12-22)23-15-5-3-4-8-18-15;/h3-6,8-9,14H,7,10-12H2,1-2H3,(H,17,19);1H. The fraction of sp³-hybridized carbons (Fsp3) is 0.438. The molecule has 24 heavy (non-hydrogen) atoms. The van der Waals surface area contributed by atoms with Crippen molar-refractivity contribution in [2.45, 2.75) is 19.1 Å². The quantitative estimate of drug-likeness (QED) is 0.443. The number of hydrogen-bond acceptors (Lipinski definition) is 4. The summed E-state index contributed by atoms with van der Waals surface area (Å²) in [6.07, 6.45) is 4.64. The van der Waals surface area contributed by atoms with E-state index >= 15 is 0 Å². The average molecular weight is 442 g/mol. The number of guanidine groups is 1. The maximum atomic E-state index is 5.92. The molecule has 0 radical (unpaired) electrons. The van der Waals surface area contributed by atoms with Gasteiger partial charge in [-0.3, -0.25) is 9.67 Å². The van der Waals surface area contributed by atoms with Crippen molar-refractivity contribution < 1.29 is 4.74 Å². The number of nitrogens with zero attached hydrogens (tertiary/aromatic N) is 5. The van der Waals surface area contributed by atoms with E-state index in [-0.39, 0.29) is 30.1 Å². The summed E-state index contributed by atoms with van der Waals surface area (Å²) in [5.41, 5.74) is 1.12. The molecule has 0 saturated carbocycles. The molecule has 1 atom stereocenters. The number of ether oxygens (including phenoxy) is 1. The lowest BCUT2D eigenvalue weighted by Crippen LogP contribution is -2.40. The second-order valence-corrected chi connectivity index (χ2v) is 5.49. The number of pyridine rings is 1. The van der Waals surface area contributed by atoms with E-state index in [0.717, 1.165) is 31.2 Å². The van der Waals surface area contributed by atoms with Gasteiger partial charge in [-0.05, 0) is 12.1 Å². The van der Waals surface area contributed by atoms with Gasteiger partial charge in [-0.25, -0.2) is 4.98 Å². The van der Waals surface area contributed by atoms with E-state index in [0.29, 0.717) is 12.4 Å². The summed E-state index contributed by atoms with van der Waals surface area (Å²) in [6, 6.07) is 7.71. The first kappa shape index (κ1) is 18.5. The minimum Gasteiger partial charge on any atom is -0.472 e. The summed E-state index contributed by atoms with van der Waals surface area (Å²) >= 11 is 0. The highest BCUT2D eigenvalue weighted by atomic mass is 127. The van der Waals surface area contributed by atoms with Crippen LogP contribution in [0.3, 0.4) is 0 Å². The summed E-state index contributed by atoms with van der Waals surface area (Å²) in [5.74, 6) is 1.57. The molecule has 1 aliphatic heterocycles. The van der Waals surface area contributed by atoms with Crippen LogP contribution in [0.5, 0.6) is 5.88 Å². The Bertz CT molecular complexity index is 660. The maximum absolute atomic E-state index is 5.92. The van der Waals surface area contributed by atoms with Crippen LogP contribution in [-0.2, 0) is 13.6 Å². The van der Waals surface area contributed by atoms with E-state index in [2.05, 4.69) is 25.3 Å². The molecule has 3 rings (SSSR count). The lowest BCUT2D eigenvalue weighted by Gasteiger charge is -2.21. The van der Waals surface area contributed by atoms with Crippen LogP contribution in [-0.4, -0.2) is 51.9 Å². The zero-order valence-corrected chi connectivity index (χ0v) is 16.3. The number of rotatable bonds is 4. The Morgan fingerprint density at radius 2 is 2.25 bits per heavy atom. The largest absolute Gasteiger partial charge is 0.472 e. The first-order valence-corrected chi connectivity index (χ1v) is 7.76. The Labute approximate surface area is 159 Å². The van der Waals surface area contributed by atoms with Gasteiger partial charge in [0.1, 0.15) is 6.10 Å². The fourth-order valence-corrected chi connectivity index (χ4v) is 2.68. The predicted octanol–water partition coefficient (Wildman–Crippen LogP) is 1.66. The van der Waals surface area contributed by atoms with E-state index in [1.54, 1.807) is 19.4 Å². The number of nitrogens with one attached hydrogen (secondary N) is 1. The molecule has 7 nitrogen and oxygen atoms in total. The van der Waals surface area contributed by atoms with Gasteiger partial charge in [0.15, 0.2) is 5.96 Å². The summed E-state index contributed by atoms with van der Waals surface area (Å²) in [7, 11) is 3.74. The monoisotopic (exact) mass is 442 g/mol. The maximum Gasteiger partial charge on any atom is 0.213 e. The van der Waals surface area contributed by atoms with Crippen LogP contribution in [0.2, 0.25) is 0 Å². The van der Waals surface area contributed by atoms with Crippen molar-refractivity contribution in [2.24, 2.45) is 12.0 Å². The Morgan fingerprint density at radius 3 is 2.92 bits per heavy atom. The van der Waals surface area contributed by atoms with Gasteiger partial charge >= 0.3 is 0 Å². The second-order valence-electron chi connectivity index (χ2n) is 5.49. The lowest BCUT2D eigenvalue weighted by molar-refractivity contribution is 0.205. The van der Waals surface area contributed by atoms with Crippen LogP contribution >= 0.6 is 24.0 Å². The third-order valence-electron chi connectivity index (χ3n) is 3.93. The van der Waals surface area contributed by atoms with Crippen LogP contribution in [0.15, 0.2) is 41.7 Å². The molecule has 0 aromatic carbocycles. The topological polar surface area (TPSA) is 67.6 Å². The molecule has 0 amide bonds. The van der Waals surface area contributed by atoms with Gasteiger partial charge in [0, 0.05) is 45.5 Å². The van der Waals surface area contributed by atoms with E-state index in [9.17, 15) is 0 Å². The summed E-state index contributed by atoms with van der Waals surface area (Å²) in [4.78, 5) is 10.8. The summed E-state index contributed by atoms with van der Waals surface area (Å²) < 4.78 is 7.78. The van der Waals surface area contributed by atoms with Crippen LogP contribution in [0.4, 0.5) is 0 Å². The van der Waals surface area contributed by atoms with E-state index in [1.807, 2.05) is 36.0 Å². The minimum atomic E-state index is 0. The SMILES string of the molecule is CN=C(NCc1ccnn1C)N1CCC(Oc2ccccn2)C1.I. The molecule has 0 bridgehead atoms. The molecule has 2 aromatic heterocycles. The van der Waals surface area contributed by atoms with Crippen LogP contribution in [0.25, 0.3) is 0 Å². The summed E-state index contributed by atoms with van der Waals surface area (Å²) in [6.45, 7) is 2.43. The molecular weight excluding hydrogens is 419 g/mol. The van der Waals surface area contributed by atoms with Crippen molar-refractivity contribution in [2.75, 3.05) is 20.1 Å². The van der Waals surface area contributed by atoms with E-state index < -0.39 is 0 Å². The van der Waals surface area contributed by atoms with Crippen LogP contribution < -0.4 is 10.1 Å². The van der Waals surface area contributed by atoms with Gasteiger partial charge < -0.3 is 15.0 Å². The second kappa shape index (κ2) is 8.86. The summed E-state index contributed by atoms with van der Waals surface area (Å²) in [5, 5.41) is 7.56. The molecular formula is C16H23IN6O. The van der Waals surface area contributed by atoms with Crippen molar-refractivity contribution in [1.29, 1.82) is 0 Å². The number of hydrogen-bond donors (Lipinski definition) is 1. The normalized spacial score (nSPS) is 17.5. The molecule has 8 heteroatoms. The van der Waals surface area contributed by atoms with Crippen molar-refractivity contribution in [1.82, 2.24) is 25.0 Å². The zero-order chi connectivity index (χ0) is 16.1. The van der Waals surface area contributed by atoms with Crippen molar-refractivity contribution in [3.63, 3.8) is 0 Å². The molecule has 2 aromatic rings. The third-order valence-corrected chi connectivity index (χ3v) is 3.93. The highest BCUT2D eigenvalue weighted by molar-refractivity contribution is 14.0. The fourth-order valence-electron chi connectivity index (χ4n) is 2.68. The highest BCUT2D eigenvalue weighted by Gasteiger charge is 2.26. The third kappa shape index (κ3) is 4.59. The van der Waals surface area contributed by atoms with Crippen LogP contribution in [0, 0.1) is 0 Å². The van der Waals surface area contributed by atoms with Gasteiger partial charge in [0.25, 0.3) is 0 Å². The number of aliphatic imine (C=N–C) groups is 1. The Kier molecular flexibility index (Phi) is 6.83. The van der Waals surface area contributed by atoms with Crippen LogP contribution in [0.1, 0.15) is 12.1 Å². The highest BCUT2D eigenvalue weighted by Crippen LogP contribution is 2.16. The number of aromatic nitrogens is 3. The molecule has 1 saturated heterocycles. The minimum absolute atomic E-state index is 0. The lowest BCUT2D eigenvalue weighted by atomic mass is 10.3. The molecule has 1 aliphatic rings. The Hall–Kier alpha value is -1.84. The molecule has 130 valence electrons. The molecule has 1 fully saturated rings. The Morgan fingerprint density at radius 1 is 1.38 bits per heavy atom. The Balaban J connectivity index is 0.00000208. The average Bonchev–Trinajstić information content (AvgIpc) is 3.19. The van der Waals surface area contributed by atoms with Crippen molar-refractivity contribution >= 4 is 29.9 Å². The van der Waals surface area contributed by atoms with Gasteiger partial charge in [0.2, 0.25) is 5.88 Å². The number of likely N-dealkylation sites (tertiary alicyclic amines) is 1. The van der Waals surface area contributed by atoms with Gasteiger partial charge in [-0.1, -0.05) is 6.07 Å². The molecule has 0 aliphatic carbocycles. The number of aryl methyl sites for hydroxylation is 1. The first-order chi connectivity index (χ1) is 11.3. The van der Waals surface area contributed by atoms with E-state index in [1.165, 1.54) is 0 Å². The molecule has 1 unspecified atom stereocenters. The van der Waals surface area contributed by atoms with E-state index in [4.69, 9.17) is 4.74 Å². The van der Waals surface area contributed by atoms with Crippen molar-refractivity contribution in [3.05, 3.63) is 42.4 Å². The molecule has 1 N–H and O–H groups in total. The van der Waals surface area contributed by atoms with Gasteiger partial charge in [0.05, 0.1) is 18.8 Å². The van der Waals surface area contributed by atoms with Gasteiger partial charge in [-0.2, -0.15) is 5.10 Å². The number of halogens is 1.